The van der Waals surface area contributed by atoms with Crippen LogP contribution in [0.2, 0.25) is 0 Å². The van der Waals surface area contributed by atoms with Crippen molar-refractivity contribution in [3.63, 3.8) is 0 Å². The third-order valence-electron chi connectivity index (χ3n) is 4.67. The topological polar surface area (TPSA) is 52.1 Å². The predicted molar refractivity (Wildman–Crippen MR) is 117 cm³/mol. The van der Waals surface area contributed by atoms with Gasteiger partial charge in [-0.2, -0.15) is 0 Å². The molecule has 0 aliphatic rings. The number of nitrogens with zero attached hydrogens (tertiary/aromatic N) is 2. The summed E-state index contributed by atoms with van der Waals surface area (Å²) in [6.45, 7) is 11.3. The minimum atomic E-state index is -0.560. The zero-order chi connectivity index (χ0) is 20.9. The van der Waals surface area contributed by atoms with Gasteiger partial charge < -0.3 is 10.4 Å². The average Bonchev–Trinajstić information content (AvgIpc) is 2.64. The fourth-order valence-electron chi connectivity index (χ4n) is 2.86. The molecule has 28 heavy (non-hydrogen) atoms. The summed E-state index contributed by atoms with van der Waals surface area (Å²) in [5.74, 6) is -0.529. The lowest BCUT2D eigenvalue weighted by molar-refractivity contribution is -0.534. The number of rotatable bonds is 5. The molecular formula is C24H32N2O2. The molecule has 0 amide bonds. The van der Waals surface area contributed by atoms with Crippen LogP contribution < -0.4 is 0 Å². The van der Waals surface area contributed by atoms with Gasteiger partial charge in [-0.1, -0.05) is 60.7 Å². The van der Waals surface area contributed by atoms with Gasteiger partial charge in [0.1, 0.15) is 0 Å². The van der Waals surface area contributed by atoms with Crippen molar-refractivity contribution in [2.75, 3.05) is 0 Å². The molecule has 0 radical (unpaired) electrons. The van der Waals surface area contributed by atoms with E-state index < -0.39 is 11.1 Å². The van der Waals surface area contributed by atoms with Gasteiger partial charge >= 0.3 is 0 Å². The largest absolute Gasteiger partial charge is 0.624 e. The zero-order valence-electron chi connectivity index (χ0n) is 17.8. The molecule has 0 saturated heterocycles. The molecule has 0 aliphatic heterocycles. The first-order valence-corrected chi connectivity index (χ1v) is 9.73. The van der Waals surface area contributed by atoms with Crippen molar-refractivity contribution in [1.82, 2.24) is 0 Å². The summed E-state index contributed by atoms with van der Waals surface area (Å²) >= 11 is 0. The number of hydroxylamine groups is 2. The highest BCUT2D eigenvalue weighted by molar-refractivity contribution is 5.77. The van der Waals surface area contributed by atoms with E-state index in [1.54, 1.807) is 12.4 Å². The molecule has 4 nitrogen and oxygen atoms in total. The monoisotopic (exact) mass is 380 g/mol. The second-order valence-corrected chi connectivity index (χ2v) is 9.16. The minimum absolute atomic E-state index is 0.265. The van der Waals surface area contributed by atoms with Crippen LogP contribution in [0.15, 0.2) is 60.7 Å². The highest BCUT2D eigenvalue weighted by Crippen LogP contribution is 2.31. The second kappa shape index (κ2) is 8.59. The Hall–Kier alpha value is -2.62. The van der Waals surface area contributed by atoms with Crippen molar-refractivity contribution < 1.29 is 9.48 Å². The summed E-state index contributed by atoms with van der Waals surface area (Å²) in [5.41, 5.74) is 0.880. The molecule has 0 aliphatic carbocycles. The first kappa shape index (κ1) is 21.7. The van der Waals surface area contributed by atoms with E-state index in [1.807, 2.05) is 102 Å². The fourth-order valence-corrected chi connectivity index (χ4v) is 2.86. The molecule has 0 spiro atoms. The Kier molecular flexibility index (Phi) is 6.65. The van der Waals surface area contributed by atoms with E-state index in [-0.39, 0.29) is 11.8 Å². The smallest absolute Gasteiger partial charge is 0.164 e. The molecule has 150 valence electrons. The van der Waals surface area contributed by atoms with Crippen molar-refractivity contribution in [1.29, 1.82) is 0 Å². The quantitative estimate of drug-likeness (QED) is 0.305. The summed E-state index contributed by atoms with van der Waals surface area (Å²) in [6.07, 6.45) is 3.42. The van der Waals surface area contributed by atoms with Gasteiger partial charge in [-0.15, -0.1) is 0 Å². The van der Waals surface area contributed by atoms with E-state index in [0.717, 1.165) is 20.6 Å². The highest BCUT2D eigenvalue weighted by Gasteiger charge is 2.31. The van der Waals surface area contributed by atoms with Crippen LogP contribution in [0.3, 0.4) is 0 Å². The van der Waals surface area contributed by atoms with Crippen LogP contribution >= 0.6 is 0 Å². The Morgan fingerprint density at radius 3 is 1.14 bits per heavy atom. The summed E-state index contributed by atoms with van der Waals surface area (Å²) in [7, 11) is 0. The maximum atomic E-state index is 12.8. The van der Waals surface area contributed by atoms with Crippen LogP contribution in [0.4, 0.5) is 0 Å². The van der Waals surface area contributed by atoms with E-state index in [9.17, 15) is 10.4 Å². The van der Waals surface area contributed by atoms with Gasteiger partial charge in [0.25, 0.3) is 0 Å². The van der Waals surface area contributed by atoms with Crippen LogP contribution in [-0.4, -0.2) is 33.0 Å². The van der Waals surface area contributed by atoms with Gasteiger partial charge in [0, 0.05) is 41.5 Å². The minimum Gasteiger partial charge on any atom is -0.624 e. The molecule has 2 unspecified atom stereocenters. The molecule has 0 fully saturated rings. The van der Waals surface area contributed by atoms with E-state index in [2.05, 4.69) is 0 Å². The van der Waals surface area contributed by atoms with E-state index in [4.69, 9.17) is 0 Å². The highest BCUT2D eigenvalue weighted by atomic mass is 16.5. The van der Waals surface area contributed by atoms with Crippen LogP contribution in [0.1, 0.15) is 64.5 Å². The van der Waals surface area contributed by atoms with Gasteiger partial charge in [0.15, 0.2) is 23.5 Å². The first-order valence-electron chi connectivity index (χ1n) is 9.73. The summed E-state index contributed by atoms with van der Waals surface area (Å²) in [6, 6.07) is 19.8. The van der Waals surface area contributed by atoms with Gasteiger partial charge in [-0.3, -0.25) is 0 Å². The molecule has 2 aromatic rings. The normalized spacial score (nSPS) is 15.9. The SMILES string of the molecule is CC(C)(C)/[N+]([O-])=C/C(c1ccccc1)C(/C=[N+](/[O-])C(C)(C)C)c1ccccc1. The average molecular weight is 381 g/mol. The van der Waals surface area contributed by atoms with Gasteiger partial charge in [-0.05, 0) is 11.1 Å². The maximum absolute atomic E-state index is 12.8. The molecular weight excluding hydrogens is 348 g/mol. The summed E-state index contributed by atoms with van der Waals surface area (Å²) in [5, 5.41) is 25.6. The number of hydrogen-bond acceptors (Lipinski definition) is 2. The van der Waals surface area contributed by atoms with Crippen molar-refractivity contribution >= 4 is 12.4 Å². The number of benzene rings is 2. The second-order valence-electron chi connectivity index (χ2n) is 9.16. The Balaban J connectivity index is 2.68. The van der Waals surface area contributed by atoms with Crippen LogP contribution in [0.25, 0.3) is 0 Å². The predicted octanol–water partition coefficient (Wildman–Crippen LogP) is 5.31. The van der Waals surface area contributed by atoms with Crippen LogP contribution in [0, 0.1) is 10.4 Å². The molecule has 4 heteroatoms. The van der Waals surface area contributed by atoms with Gasteiger partial charge in [0.05, 0.1) is 11.8 Å². The van der Waals surface area contributed by atoms with E-state index in [1.165, 1.54) is 0 Å². The van der Waals surface area contributed by atoms with Crippen molar-refractivity contribution in [3.8, 4) is 0 Å². The Morgan fingerprint density at radius 2 is 0.893 bits per heavy atom. The molecule has 0 aromatic heterocycles. The molecule has 2 rings (SSSR count). The van der Waals surface area contributed by atoms with Gasteiger partial charge in [-0.25, -0.2) is 9.48 Å². The van der Waals surface area contributed by atoms with E-state index >= 15 is 0 Å². The lowest BCUT2D eigenvalue weighted by Gasteiger charge is -2.26. The molecule has 2 aromatic carbocycles. The summed E-state index contributed by atoms with van der Waals surface area (Å²) in [4.78, 5) is 0. The lowest BCUT2D eigenvalue weighted by atomic mass is 9.82. The standard InChI is InChI=1S/C24H32N2O2/c1-23(2,3)25(27)17-21(19-13-9-7-10-14-19)22(18-26(28)24(4,5)6)20-15-11-8-12-16-20/h7-18,21-22H,1-6H3/b25-17-,26-18+. The molecule has 0 bridgehead atoms. The third kappa shape index (κ3) is 5.69. The fraction of sp³-hybridized carbons (Fsp3) is 0.417. The third-order valence-corrected chi connectivity index (χ3v) is 4.67. The maximum Gasteiger partial charge on any atom is 0.164 e. The first-order chi connectivity index (χ1) is 13.0. The lowest BCUT2D eigenvalue weighted by Crippen LogP contribution is -2.34. The van der Waals surface area contributed by atoms with Crippen LogP contribution in [-0.2, 0) is 0 Å². The molecule has 2 atom stereocenters. The molecule has 0 saturated carbocycles. The Labute approximate surface area is 169 Å². The van der Waals surface area contributed by atoms with Crippen molar-refractivity contribution in [2.45, 2.75) is 64.5 Å². The van der Waals surface area contributed by atoms with Crippen molar-refractivity contribution in [3.05, 3.63) is 82.2 Å². The molecule has 0 N–H and O–H groups in total. The number of hydrogen-bond donors (Lipinski definition) is 0. The van der Waals surface area contributed by atoms with Crippen LogP contribution in [0.5, 0.6) is 0 Å². The van der Waals surface area contributed by atoms with E-state index in [0.29, 0.717) is 0 Å². The van der Waals surface area contributed by atoms with Gasteiger partial charge in [0.2, 0.25) is 0 Å². The summed E-state index contributed by atoms with van der Waals surface area (Å²) < 4.78 is 2.00. The molecule has 0 heterocycles. The van der Waals surface area contributed by atoms with Crippen molar-refractivity contribution in [2.24, 2.45) is 0 Å². The Bertz CT molecular complexity index is 742. The Morgan fingerprint density at radius 1 is 0.607 bits per heavy atom. The zero-order valence-corrected chi connectivity index (χ0v) is 17.8.